The predicted octanol–water partition coefficient (Wildman–Crippen LogP) is 4.39. The van der Waals surface area contributed by atoms with Gasteiger partial charge in [0.1, 0.15) is 5.75 Å². The second kappa shape index (κ2) is 5.79. The summed E-state index contributed by atoms with van der Waals surface area (Å²) < 4.78 is 7.28. The number of hydrogen-bond acceptors (Lipinski definition) is 3. The Balaban J connectivity index is 2.28. The molecule has 2 rings (SSSR count). The molecule has 0 saturated heterocycles. The lowest BCUT2D eigenvalue weighted by Gasteiger charge is -2.11. The minimum Gasteiger partial charge on any atom is -0.495 e. The molecule has 3 N–H and O–H groups in total. The van der Waals surface area contributed by atoms with Gasteiger partial charge in [0.05, 0.1) is 17.3 Å². The van der Waals surface area contributed by atoms with Gasteiger partial charge in [-0.15, -0.1) is 0 Å². The summed E-state index contributed by atoms with van der Waals surface area (Å²) >= 11 is 5.68. The van der Waals surface area contributed by atoms with Crippen molar-refractivity contribution in [3.8, 4) is 5.75 Å². The first kappa shape index (κ1) is 13.5. The molecule has 0 aliphatic rings. The number of halogens is 2. The van der Waals surface area contributed by atoms with Gasteiger partial charge in [-0.1, -0.05) is 0 Å². The third-order valence-electron chi connectivity index (χ3n) is 2.42. The molecule has 0 saturated carbocycles. The highest BCUT2D eigenvalue weighted by molar-refractivity contribution is 14.1. The van der Waals surface area contributed by atoms with Crippen LogP contribution in [0.3, 0.4) is 0 Å². The van der Waals surface area contributed by atoms with Gasteiger partial charge in [-0.3, -0.25) is 0 Å². The summed E-state index contributed by atoms with van der Waals surface area (Å²) in [6.07, 6.45) is 0. The third-order valence-corrected chi connectivity index (χ3v) is 3.97. The fourth-order valence-electron chi connectivity index (χ4n) is 1.53. The van der Waals surface area contributed by atoms with E-state index in [-0.39, 0.29) is 0 Å². The zero-order valence-electron chi connectivity index (χ0n) is 9.71. The number of nitrogens with two attached hydrogens (primary N) is 1. The molecule has 3 nitrogen and oxygen atoms in total. The van der Waals surface area contributed by atoms with Crippen LogP contribution in [0.5, 0.6) is 5.75 Å². The Morgan fingerprint density at radius 3 is 2.67 bits per heavy atom. The molecule has 5 heteroatoms. The molecule has 0 aliphatic carbocycles. The lowest BCUT2D eigenvalue weighted by molar-refractivity contribution is 0.412. The van der Waals surface area contributed by atoms with E-state index in [0.29, 0.717) is 0 Å². The normalized spacial score (nSPS) is 10.2. The highest BCUT2D eigenvalue weighted by atomic mass is 127. The van der Waals surface area contributed by atoms with Gasteiger partial charge in [0.25, 0.3) is 0 Å². The van der Waals surface area contributed by atoms with E-state index in [4.69, 9.17) is 10.5 Å². The van der Waals surface area contributed by atoms with E-state index in [1.165, 1.54) is 0 Å². The molecule has 0 aromatic heterocycles. The zero-order valence-corrected chi connectivity index (χ0v) is 13.4. The number of anilines is 3. The summed E-state index contributed by atoms with van der Waals surface area (Å²) in [6.45, 7) is 0. The second-order valence-corrected chi connectivity index (χ2v) is 5.73. The molecule has 0 fully saturated rings. The quantitative estimate of drug-likeness (QED) is 0.574. The van der Waals surface area contributed by atoms with Crippen LogP contribution in [-0.4, -0.2) is 7.11 Å². The maximum Gasteiger partial charge on any atom is 0.135 e. The van der Waals surface area contributed by atoms with E-state index in [0.717, 1.165) is 30.9 Å². The topological polar surface area (TPSA) is 47.3 Å². The van der Waals surface area contributed by atoms with Crippen molar-refractivity contribution in [1.29, 1.82) is 0 Å². The van der Waals surface area contributed by atoms with Gasteiger partial charge in [0.15, 0.2) is 0 Å². The first-order valence-corrected chi connectivity index (χ1v) is 7.13. The number of nitrogens with one attached hydrogen (secondary N) is 1. The van der Waals surface area contributed by atoms with Gasteiger partial charge >= 0.3 is 0 Å². The molecule has 0 bridgehead atoms. The minimum atomic E-state index is 0.762. The van der Waals surface area contributed by atoms with Crippen molar-refractivity contribution in [2.45, 2.75) is 0 Å². The lowest BCUT2D eigenvalue weighted by atomic mass is 10.2. The largest absolute Gasteiger partial charge is 0.495 e. The average molecular weight is 419 g/mol. The molecule has 0 aliphatic heterocycles. The molecule has 0 atom stereocenters. The van der Waals surface area contributed by atoms with Crippen LogP contribution in [0.25, 0.3) is 0 Å². The summed E-state index contributed by atoms with van der Waals surface area (Å²) in [6, 6.07) is 11.6. The highest BCUT2D eigenvalue weighted by Crippen LogP contribution is 2.31. The van der Waals surface area contributed by atoms with Gasteiger partial charge in [-0.25, -0.2) is 0 Å². The molecule has 0 heterocycles. The van der Waals surface area contributed by atoms with Gasteiger partial charge in [-0.2, -0.15) is 0 Å². The Morgan fingerprint density at radius 2 is 2.00 bits per heavy atom. The summed E-state index contributed by atoms with van der Waals surface area (Å²) in [7, 11) is 1.65. The number of nitrogen functional groups attached to an aromatic ring is 1. The molecule has 18 heavy (non-hydrogen) atoms. The zero-order chi connectivity index (χ0) is 13.1. The molecule has 0 unspecified atom stereocenters. The van der Waals surface area contributed by atoms with E-state index in [9.17, 15) is 0 Å². The number of methoxy groups -OCH3 is 1. The van der Waals surface area contributed by atoms with E-state index in [1.54, 1.807) is 7.11 Å². The van der Waals surface area contributed by atoms with Crippen LogP contribution in [0.1, 0.15) is 0 Å². The van der Waals surface area contributed by atoms with Crippen molar-refractivity contribution >= 4 is 55.6 Å². The van der Waals surface area contributed by atoms with Gasteiger partial charge in [0.2, 0.25) is 0 Å². The minimum absolute atomic E-state index is 0.762. The molecule has 2 aromatic carbocycles. The average Bonchev–Trinajstić information content (AvgIpc) is 2.35. The molecular weight excluding hydrogens is 407 g/mol. The Hall–Kier alpha value is -0.950. The highest BCUT2D eigenvalue weighted by Gasteiger charge is 2.04. The van der Waals surface area contributed by atoms with Crippen LogP contribution >= 0.6 is 38.5 Å². The van der Waals surface area contributed by atoms with Crippen LogP contribution in [0.4, 0.5) is 17.1 Å². The lowest BCUT2D eigenvalue weighted by Crippen LogP contribution is -1.95. The molecule has 94 valence electrons. The van der Waals surface area contributed by atoms with Crippen molar-refractivity contribution in [3.05, 3.63) is 44.4 Å². The maximum atomic E-state index is 5.73. The predicted molar refractivity (Wildman–Crippen MR) is 87.5 cm³/mol. The van der Waals surface area contributed by atoms with Crippen LogP contribution in [-0.2, 0) is 0 Å². The van der Waals surface area contributed by atoms with Gasteiger partial charge in [0, 0.05) is 21.0 Å². The van der Waals surface area contributed by atoms with E-state index >= 15 is 0 Å². The Labute approximate surface area is 128 Å². The monoisotopic (exact) mass is 418 g/mol. The van der Waals surface area contributed by atoms with E-state index in [2.05, 4.69) is 43.8 Å². The number of rotatable bonds is 3. The van der Waals surface area contributed by atoms with E-state index in [1.807, 2.05) is 36.4 Å². The SMILES string of the molecule is COc1cc(Nc2ccc(N)cc2I)ccc1Br. The Kier molecular flexibility index (Phi) is 4.34. The standard InChI is InChI=1S/C13H12BrIN2O/c1-18-13-7-9(3-4-10(13)14)17-12-5-2-8(16)6-11(12)15/h2-7,17H,16H2,1H3. The van der Waals surface area contributed by atoms with Gasteiger partial charge in [-0.05, 0) is 68.9 Å². The second-order valence-electron chi connectivity index (χ2n) is 3.71. The molecule has 0 radical (unpaired) electrons. The van der Waals surface area contributed by atoms with Crippen molar-refractivity contribution in [3.63, 3.8) is 0 Å². The van der Waals surface area contributed by atoms with Crippen LogP contribution in [0, 0.1) is 3.57 Å². The first-order chi connectivity index (χ1) is 8.60. The summed E-state index contributed by atoms with van der Waals surface area (Å²) in [5, 5.41) is 3.34. The summed E-state index contributed by atoms with van der Waals surface area (Å²) in [5.74, 6) is 0.797. The van der Waals surface area contributed by atoms with Crippen LogP contribution < -0.4 is 15.8 Å². The fraction of sp³-hybridized carbons (Fsp3) is 0.0769. The molecular formula is C13H12BrIN2O. The molecule has 0 amide bonds. The Bertz CT molecular complexity index is 575. The number of hydrogen-bond donors (Lipinski definition) is 2. The molecule has 2 aromatic rings. The van der Waals surface area contributed by atoms with E-state index < -0.39 is 0 Å². The summed E-state index contributed by atoms with van der Waals surface area (Å²) in [5.41, 5.74) is 8.48. The smallest absolute Gasteiger partial charge is 0.135 e. The number of benzene rings is 2. The van der Waals surface area contributed by atoms with Crippen molar-refractivity contribution in [2.24, 2.45) is 0 Å². The maximum absolute atomic E-state index is 5.73. The summed E-state index contributed by atoms with van der Waals surface area (Å²) in [4.78, 5) is 0. The van der Waals surface area contributed by atoms with Crippen molar-refractivity contribution < 1.29 is 4.74 Å². The first-order valence-electron chi connectivity index (χ1n) is 5.26. The van der Waals surface area contributed by atoms with Crippen LogP contribution in [0.2, 0.25) is 0 Å². The Morgan fingerprint density at radius 1 is 1.22 bits per heavy atom. The van der Waals surface area contributed by atoms with Crippen molar-refractivity contribution in [1.82, 2.24) is 0 Å². The fourth-order valence-corrected chi connectivity index (χ4v) is 2.61. The van der Waals surface area contributed by atoms with Crippen molar-refractivity contribution in [2.75, 3.05) is 18.2 Å². The van der Waals surface area contributed by atoms with Crippen LogP contribution in [0.15, 0.2) is 40.9 Å². The number of ether oxygens (including phenoxy) is 1. The van der Waals surface area contributed by atoms with Gasteiger partial charge < -0.3 is 15.8 Å². The third kappa shape index (κ3) is 3.08. The molecule has 0 spiro atoms.